The highest BCUT2D eigenvalue weighted by Crippen LogP contribution is 2.30. The second kappa shape index (κ2) is 6.94. The van der Waals surface area contributed by atoms with Crippen LogP contribution in [0, 0.1) is 0 Å². The Morgan fingerprint density at radius 1 is 1.27 bits per heavy atom. The predicted octanol–water partition coefficient (Wildman–Crippen LogP) is 3.22. The molecule has 0 spiro atoms. The minimum absolute atomic E-state index is 0.324. The van der Waals surface area contributed by atoms with E-state index in [0.717, 1.165) is 41.2 Å². The van der Waals surface area contributed by atoms with Crippen molar-refractivity contribution in [3.8, 4) is 5.75 Å². The molecular formula is C20H23FN4O. The SMILES string of the molecule is CN=C(c1ccnc(N2CC[C@@H](F)C2)c1)c1cc(OC2CC2)ccc1N. The smallest absolute Gasteiger partial charge is 0.129 e. The minimum Gasteiger partial charge on any atom is -0.490 e. The van der Waals surface area contributed by atoms with Gasteiger partial charge < -0.3 is 15.4 Å². The van der Waals surface area contributed by atoms with Gasteiger partial charge in [0.25, 0.3) is 0 Å². The van der Waals surface area contributed by atoms with Crippen molar-refractivity contribution in [3.05, 3.63) is 47.7 Å². The Morgan fingerprint density at radius 2 is 2.12 bits per heavy atom. The summed E-state index contributed by atoms with van der Waals surface area (Å²) in [5.74, 6) is 1.58. The van der Waals surface area contributed by atoms with Crippen LogP contribution >= 0.6 is 0 Å². The third-order valence-electron chi connectivity index (χ3n) is 4.80. The maximum atomic E-state index is 13.5. The van der Waals surface area contributed by atoms with Gasteiger partial charge in [-0.2, -0.15) is 0 Å². The molecule has 0 amide bonds. The molecule has 1 aromatic carbocycles. The van der Waals surface area contributed by atoms with Crippen LogP contribution in [-0.4, -0.2) is 43.1 Å². The third kappa shape index (κ3) is 3.49. The molecular weight excluding hydrogens is 331 g/mol. The Balaban J connectivity index is 1.65. The number of benzene rings is 1. The first kappa shape index (κ1) is 16.8. The van der Waals surface area contributed by atoms with Gasteiger partial charge in [0.05, 0.1) is 18.4 Å². The largest absolute Gasteiger partial charge is 0.490 e. The molecule has 1 saturated carbocycles. The van der Waals surface area contributed by atoms with Crippen LogP contribution in [0.4, 0.5) is 15.9 Å². The number of ether oxygens (including phenoxy) is 1. The first-order valence-electron chi connectivity index (χ1n) is 9.03. The lowest BCUT2D eigenvalue weighted by Crippen LogP contribution is -2.21. The summed E-state index contributed by atoms with van der Waals surface area (Å²) in [4.78, 5) is 10.8. The molecule has 0 bridgehead atoms. The average molecular weight is 354 g/mol. The van der Waals surface area contributed by atoms with Crippen LogP contribution < -0.4 is 15.4 Å². The van der Waals surface area contributed by atoms with Crippen molar-refractivity contribution in [2.45, 2.75) is 31.5 Å². The van der Waals surface area contributed by atoms with Crippen LogP contribution in [0.3, 0.4) is 0 Å². The summed E-state index contributed by atoms with van der Waals surface area (Å²) in [7, 11) is 1.75. The highest BCUT2D eigenvalue weighted by atomic mass is 19.1. The van der Waals surface area contributed by atoms with Crippen molar-refractivity contribution >= 4 is 17.2 Å². The van der Waals surface area contributed by atoms with Gasteiger partial charge in [0.1, 0.15) is 17.7 Å². The van der Waals surface area contributed by atoms with Crippen LogP contribution in [0.25, 0.3) is 0 Å². The zero-order valence-electron chi connectivity index (χ0n) is 14.9. The monoisotopic (exact) mass is 354 g/mol. The number of aliphatic imine (C=N–C) groups is 1. The van der Waals surface area contributed by atoms with Gasteiger partial charge >= 0.3 is 0 Å². The zero-order valence-corrected chi connectivity index (χ0v) is 14.9. The Bertz CT molecular complexity index is 834. The molecule has 1 aromatic heterocycles. The highest BCUT2D eigenvalue weighted by molar-refractivity contribution is 6.16. The molecule has 0 radical (unpaired) electrons. The predicted molar refractivity (Wildman–Crippen MR) is 102 cm³/mol. The highest BCUT2D eigenvalue weighted by Gasteiger charge is 2.25. The van der Waals surface area contributed by atoms with Crippen molar-refractivity contribution in [1.82, 2.24) is 4.98 Å². The number of halogens is 1. The van der Waals surface area contributed by atoms with E-state index >= 15 is 0 Å². The van der Waals surface area contributed by atoms with Gasteiger partial charge in [0.2, 0.25) is 0 Å². The van der Waals surface area contributed by atoms with E-state index in [2.05, 4.69) is 9.98 Å². The second-order valence-electron chi connectivity index (χ2n) is 6.87. The molecule has 6 heteroatoms. The first-order valence-corrected chi connectivity index (χ1v) is 9.03. The van der Waals surface area contributed by atoms with Crippen LogP contribution in [-0.2, 0) is 0 Å². The molecule has 2 aliphatic rings. The van der Waals surface area contributed by atoms with Gasteiger partial charge in [-0.05, 0) is 49.6 Å². The van der Waals surface area contributed by atoms with Gasteiger partial charge in [-0.25, -0.2) is 9.37 Å². The molecule has 0 unspecified atom stereocenters. The van der Waals surface area contributed by atoms with E-state index in [9.17, 15) is 4.39 Å². The summed E-state index contributed by atoms with van der Waals surface area (Å²) < 4.78 is 19.4. The van der Waals surface area contributed by atoms with Crippen molar-refractivity contribution < 1.29 is 9.13 Å². The van der Waals surface area contributed by atoms with E-state index in [1.165, 1.54) is 0 Å². The van der Waals surface area contributed by atoms with Gasteiger partial charge in [0, 0.05) is 36.6 Å². The maximum Gasteiger partial charge on any atom is 0.129 e. The van der Waals surface area contributed by atoms with Crippen molar-refractivity contribution in [3.63, 3.8) is 0 Å². The fourth-order valence-electron chi connectivity index (χ4n) is 3.26. The number of hydrogen-bond donors (Lipinski definition) is 1. The van der Waals surface area contributed by atoms with E-state index < -0.39 is 6.17 Å². The van der Waals surface area contributed by atoms with Gasteiger partial charge in [-0.1, -0.05) is 0 Å². The van der Waals surface area contributed by atoms with Crippen LogP contribution in [0.5, 0.6) is 5.75 Å². The number of nitrogen functional groups attached to an aromatic ring is 1. The minimum atomic E-state index is -0.785. The van der Waals surface area contributed by atoms with Crippen LogP contribution in [0.1, 0.15) is 30.4 Å². The topological polar surface area (TPSA) is 63.7 Å². The molecule has 1 atom stereocenters. The van der Waals surface area contributed by atoms with Gasteiger partial charge in [-0.15, -0.1) is 0 Å². The first-order chi connectivity index (χ1) is 12.6. The number of rotatable bonds is 5. The molecule has 1 saturated heterocycles. The zero-order chi connectivity index (χ0) is 18.1. The Hall–Kier alpha value is -2.63. The third-order valence-corrected chi connectivity index (χ3v) is 4.80. The lowest BCUT2D eigenvalue weighted by Gasteiger charge is -2.18. The normalized spacial score (nSPS) is 20.5. The van der Waals surface area contributed by atoms with E-state index in [1.54, 1.807) is 13.2 Å². The Labute approximate surface area is 152 Å². The van der Waals surface area contributed by atoms with Gasteiger partial charge in [0.15, 0.2) is 0 Å². The molecule has 1 aliphatic carbocycles. The summed E-state index contributed by atoms with van der Waals surface area (Å²) >= 11 is 0. The fourth-order valence-corrected chi connectivity index (χ4v) is 3.26. The number of pyridine rings is 1. The van der Waals surface area contributed by atoms with Crippen LogP contribution in [0.2, 0.25) is 0 Å². The summed E-state index contributed by atoms with van der Waals surface area (Å²) in [6.45, 7) is 1.07. The summed E-state index contributed by atoms with van der Waals surface area (Å²) in [5.41, 5.74) is 9.40. The fraction of sp³-hybridized carbons (Fsp3) is 0.400. The molecule has 4 rings (SSSR count). The van der Waals surface area contributed by atoms with Crippen molar-refractivity contribution in [2.24, 2.45) is 4.99 Å². The summed E-state index contributed by atoms with van der Waals surface area (Å²) in [6.07, 6.45) is 4.04. The Morgan fingerprint density at radius 3 is 2.81 bits per heavy atom. The van der Waals surface area contributed by atoms with Gasteiger partial charge in [-0.3, -0.25) is 4.99 Å². The molecule has 1 aliphatic heterocycles. The van der Waals surface area contributed by atoms with E-state index in [0.29, 0.717) is 31.3 Å². The van der Waals surface area contributed by atoms with E-state index in [-0.39, 0.29) is 0 Å². The standard InChI is InChI=1S/C20H23FN4O/c1-23-20(17-11-16(4-5-18(17)22)26-15-2-3-15)13-6-8-24-19(10-13)25-9-7-14(21)12-25/h4-6,8,10-11,14-15H,2-3,7,9,12,22H2,1H3/t14-/m1/s1. The lowest BCUT2D eigenvalue weighted by molar-refractivity contribution is 0.303. The molecule has 136 valence electrons. The quantitative estimate of drug-likeness (QED) is 0.661. The molecule has 5 nitrogen and oxygen atoms in total. The second-order valence-corrected chi connectivity index (χ2v) is 6.87. The number of alkyl halides is 1. The molecule has 2 heterocycles. The molecule has 26 heavy (non-hydrogen) atoms. The summed E-state index contributed by atoms with van der Waals surface area (Å²) in [6, 6.07) is 9.56. The van der Waals surface area contributed by atoms with Crippen molar-refractivity contribution in [1.29, 1.82) is 0 Å². The van der Waals surface area contributed by atoms with Crippen LogP contribution in [0.15, 0.2) is 41.5 Å². The maximum absolute atomic E-state index is 13.5. The Kier molecular flexibility index (Phi) is 4.49. The summed E-state index contributed by atoms with van der Waals surface area (Å²) in [5, 5.41) is 0. The number of nitrogens with two attached hydrogens (primary N) is 1. The number of aromatic nitrogens is 1. The average Bonchev–Trinajstić information content (AvgIpc) is 3.36. The van der Waals surface area contributed by atoms with Crippen molar-refractivity contribution in [2.75, 3.05) is 30.8 Å². The number of hydrogen-bond acceptors (Lipinski definition) is 5. The van der Waals surface area contributed by atoms with E-state index in [1.807, 2.05) is 35.2 Å². The lowest BCUT2D eigenvalue weighted by atomic mass is 10.0. The molecule has 2 aromatic rings. The number of nitrogens with zero attached hydrogens (tertiary/aromatic N) is 3. The van der Waals surface area contributed by atoms with E-state index in [4.69, 9.17) is 10.5 Å². The molecule has 2 N–H and O–H groups in total. The number of anilines is 2. The molecule has 2 fully saturated rings.